The van der Waals surface area contributed by atoms with Crippen molar-refractivity contribution in [3.05, 3.63) is 45.4 Å². The summed E-state index contributed by atoms with van der Waals surface area (Å²) in [5.41, 5.74) is 1.81. The molecule has 0 aliphatic rings. The Labute approximate surface area is 125 Å². The number of carbonyl (C=O) groups is 2. The first-order chi connectivity index (χ1) is 9.97. The van der Waals surface area contributed by atoms with Gasteiger partial charge in [-0.25, -0.2) is 4.79 Å². The highest BCUT2D eigenvalue weighted by Gasteiger charge is 2.16. The lowest BCUT2D eigenvalue weighted by molar-refractivity contribution is -0.131. The Morgan fingerprint density at radius 2 is 2.29 bits per heavy atom. The molecular weight excluding hydrogens is 290 g/mol. The summed E-state index contributed by atoms with van der Waals surface area (Å²) < 4.78 is 0. The Hall–Kier alpha value is -2.41. The van der Waals surface area contributed by atoms with Crippen LogP contribution in [0.25, 0.3) is 6.08 Å². The summed E-state index contributed by atoms with van der Waals surface area (Å²) in [5.74, 6) is -1.10. The molecule has 2 aromatic rings. The third-order valence-corrected chi connectivity index (χ3v) is 4.06. The van der Waals surface area contributed by atoms with Crippen LogP contribution in [-0.4, -0.2) is 39.1 Å². The first kappa shape index (κ1) is 15.0. The van der Waals surface area contributed by atoms with E-state index in [0.717, 1.165) is 22.1 Å². The van der Waals surface area contributed by atoms with Gasteiger partial charge < -0.3 is 10.0 Å². The van der Waals surface area contributed by atoms with Crippen LogP contribution in [-0.2, 0) is 11.3 Å². The van der Waals surface area contributed by atoms with Crippen molar-refractivity contribution in [3.63, 3.8) is 0 Å². The van der Waals surface area contributed by atoms with Crippen LogP contribution >= 0.6 is 11.3 Å². The molecule has 110 valence electrons. The number of nitrogens with zero attached hydrogens (tertiary/aromatic N) is 2. The van der Waals surface area contributed by atoms with E-state index in [1.165, 1.54) is 17.4 Å². The van der Waals surface area contributed by atoms with Crippen LogP contribution in [0.3, 0.4) is 0 Å². The third kappa shape index (κ3) is 3.79. The Morgan fingerprint density at radius 1 is 1.52 bits per heavy atom. The molecule has 0 bridgehead atoms. The maximum absolute atomic E-state index is 12.3. The molecule has 21 heavy (non-hydrogen) atoms. The summed E-state index contributed by atoms with van der Waals surface area (Å²) in [7, 11) is 1.72. The number of amides is 1. The van der Waals surface area contributed by atoms with E-state index in [1.54, 1.807) is 30.4 Å². The summed E-state index contributed by atoms with van der Waals surface area (Å²) in [6, 6.07) is 1.78. The van der Waals surface area contributed by atoms with Crippen LogP contribution in [0, 0.1) is 6.92 Å². The van der Waals surface area contributed by atoms with Gasteiger partial charge in [0.05, 0.1) is 11.1 Å². The number of carboxylic acids is 1. The molecule has 2 N–H and O–H groups in total. The molecule has 0 fully saturated rings. The molecule has 0 atom stereocenters. The highest BCUT2D eigenvalue weighted by Crippen LogP contribution is 2.24. The Balaban J connectivity index is 2.12. The minimum Gasteiger partial charge on any atom is -0.478 e. The van der Waals surface area contributed by atoms with E-state index < -0.39 is 5.97 Å². The van der Waals surface area contributed by atoms with Crippen molar-refractivity contribution < 1.29 is 14.7 Å². The second kappa shape index (κ2) is 6.36. The first-order valence-corrected chi connectivity index (χ1v) is 7.03. The molecular formula is C14H15N3O3S. The topological polar surface area (TPSA) is 86.3 Å². The monoisotopic (exact) mass is 305 g/mol. The number of thiophene rings is 1. The second-order valence-corrected chi connectivity index (χ2v) is 5.68. The summed E-state index contributed by atoms with van der Waals surface area (Å²) in [5, 5.41) is 15.2. The van der Waals surface area contributed by atoms with Crippen molar-refractivity contribution in [1.29, 1.82) is 0 Å². The zero-order valence-corrected chi connectivity index (χ0v) is 12.5. The van der Waals surface area contributed by atoms with Gasteiger partial charge in [-0.3, -0.25) is 9.89 Å². The van der Waals surface area contributed by atoms with Crippen molar-refractivity contribution in [2.75, 3.05) is 7.05 Å². The van der Waals surface area contributed by atoms with Gasteiger partial charge in [-0.2, -0.15) is 5.10 Å². The fourth-order valence-electron chi connectivity index (χ4n) is 1.81. The summed E-state index contributed by atoms with van der Waals surface area (Å²) >= 11 is 1.29. The average molecular weight is 305 g/mol. The molecule has 0 spiro atoms. The quantitative estimate of drug-likeness (QED) is 0.829. The lowest BCUT2D eigenvalue weighted by Crippen LogP contribution is -2.25. The molecule has 2 heterocycles. The Kier molecular flexibility index (Phi) is 4.54. The fourth-order valence-corrected chi connectivity index (χ4v) is 2.88. The third-order valence-electron chi connectivity index (χ3n) is 2.87. The molecule has 0 saturated heterocycles. The number of aliphatic carboxylic acids is 1. The van der Waals surface area contributed by atoms with Crippen LogP contribution in [0.1, 0.15) is 25.7 Å². The van der Waals surface area contributed by atoms with Gasteiger partial charge in [0.2, 0.25) is 0 Å². The van der Waals surface area contributed by atoms with Gasteiger partial charge in [0.1, 0.15) is 0 Å². The number of hydrogen-bond acceptors (Lipinski definition) is 4. The van der Waals surface area contributed by atoms with Crippen molar-refractivity contribution >= 4 is 29.3 Å². The normalized spacial score (nSPS) is 11.0. The lowest BCUT2D eigenvalue weighted by Gasteiger charge is -2.14. The van der Waals surface area contributed by atoms with Crippen molar-refractivity contribution in [3.8, 4) is 0 Å². The van der Waals surface area contributed by atoms with E-state index in [0.29, 0.717) is 11.4 Å². The van der Waals surface area contributed by atoms with Crippen molar-refractivity contribution in [1.82, 2.24) is 15.1 Å². The first-order valence-electron chi connectivity index (χ1n) is 6.22. The SMILES string of the molecule is Cc1cc(C(=O)N(C)Cc2cn[nH]c2)sc1/C=C/C(=O)O. The number of carboxylic acid groups (broad SMARTS) is 1. The van der Waals surface area contributed by atoms with Crippen molar-refractivity contribution in [2.45, 2.75) is 13.5 Å². The lowest BCUT2D eigenvalue weighted by atomic mass is 10.2. The molecule has 0 saturated carbocycles. The fraction of sp³-hybridized carbons (Fsp3) is 0.214. The summed E-state index contributed by atoms with van der Waals surface area (Å²) in [6.07, 6.45) is 5.99. The van der Waals surface area contributed by atoms with Gasteiger partial charge in [0, 0.05) is 36.3 Å². The number of carbonyl (C=O) groups excluding carboxylic acids is 1. The largest absolute Gasteiger partial charge is 0.478 e. The second-order valence-electron chi connectivity index (χ2n) is 4.60. The van der Waals surface area contributed by atoms with E-state index in [4.69, 9.17) is 5.11 Å². The van der Waals surface area contributed by atoms with Crippen LogP contribution in [0.4, 0.5) is 0 Å². The standard InChI is InChI=1S/C14H15N3O3S/c1-9-5-12(21-11(9)3-4-13(18)19)14(20)17(2)8-10-6-15-16-7-10/h3-7H,8H2,1-2H3,(H,15,16)(H,18,19)/b4-3+. The minimum atomic E-state index is -1.01. The van der Waals surface area contributed by atoms with E-state index in [1.807, 2.05) is 6.92 Å². The molecule has 0 unspecified atom stereocenters. The van der Waals surface area contributed by atoms with E-state index in [9.17, 15) is 9.59 Å². The minimum absolute atomic E-state index is 0.0979. The molecule has 0 radical (unpaired) electrons. The molecule has 0 aromatic carbocycles. The van der Waals surface area contributed by atoms with Crippen molar-refractivity contribution in [2.24, 2.45) is 0 Å². The van der Waals surface area contributed by atoms with Gasteiger partial charge >= 0.3 is 5.97 Å². The maximum atomic E-state index is 12.3. The zero-order chi connectivity index (χ0) is 15.4. The van der Waals surface area contributed by atoms with E-state index >= 15 is 0 Å². The molecule has 2 aromatic heterocycles. The molecule has 0 aliphatic heterocycles. The van der Waals surface area contributed by atoms with Gasteiger partial charge in [-0.15, -0.1) is 11.3 Å². The van der Waals surface area contributed by atoms with Gasteiger partial charge in [-0.05, 0) is 24.6 Å². The van der Waals surface area contributed by atoms with Gasteiger partial charge in [-0.1, -0.05) is 0 Å². The van der Waals surface area contributed by atoms with Crippen LogP contribution in [0.5, 0.6) is 0 Å². The van der Waals surface area contributed by atoms with Gasteiger partial charge in [0.15, 0.2) is 0 Å². The number of aromatic nitrogens is 2. The molecule has 2 rings (SSSR count). The molecule has 7 heteroatoms. The number of aryl methyl sites for hydroxylation is 1. The van der Waals surface area contributed by atoms with Gasteiger partial charge in [0.25, 0.3) is 5.91 Å². The summed E-state index contributed by atoms with van der Waals surface area (Å²) in [4.78, 5) is 25.8. The average Bonchev–Trinajstić information content (AvgIpc) is 3.05. The van der Waals surface area contributed by atoms with Crippen LogP contribution in [0.2, 0.25) is 0 Å². The van der Waals surface area contributed by atoms with E-state index in [-0.39, 0.29) is 5.91 Å². The smallest absolute Gasteiger partial charge is 0.328 e. The molecule has 0 aliphatic carbocycles. The van der Waals surface area contributed by atoms with E-state index in [2.05, 4.69) is 10.2 Å². The predicted octanol–water partition coefficient (Wildman–Crippen LogP) is 2.15. The number of rotatable bonds is 5. The Morgan fingerprint density at radius 3 is 2.90 bits per heavy atom. The summed E-state index contributed by atoms with van der Waals surface area (Å²) in [6.45, 7) is 2.32. The predicted molar refractivity (Wildman–Crippen MR) is 80.1 cm³/mol. The molecule has 6 nitrogen and oxygen atoms in total. The van der Waals surface area contributed by atoms with Crippen LogP contribution in [0.15, 0.2) is 24.5 Å². The number of H-pyrrole nitrogens is 1. The highest BCUT2D eigenvalue weighted by atomic mass is 32.1. The maximum Gasteiger partial charge on any atom is 0.328 e. The number of nitrogens with one attached hydrogen (secondary N) is 1. The molecule has 1 amide bonds. The highest BCUT2D eigenvalue weighted by molar-refractivity contribution is 7.15. The zero-order valence-electron chi connectivity index (χ0n) is 11.7. The number of aromatic amines is 1. The Bertz CT molecular complexity index is 674. The number of hydrogen-bond donors (Lipinski definition) is 2. The van der Waals surface area contributed by atoms with Crippen LogP contribution < -0.4 is 0 Å².